The lowest BCUT2D eigenvalue weighted by Crippen LogP contribution is -2.16. The Hall–Kier alpha value is -9.42. The molecule has 0 aliphatic carbocycles. The van der Waals surface area contributed by atoms with E-state index < -0.39 is 0 Å². The van der Waals surface area contributed by atoms with Crippen LogP contribution in [0.3, 0.4) is 0 Å². The van der Waals surface area contributed by atoms with E-state index in [1.807, 2.05) is 17.4 Å². The van der Waals surface area contributed by atoms with Gasteiger partial charge in [0.2, 0.25) is 0 Å². The first-order valence-corrected chi connectivity index (χ1v) is 26.1. The van der Waals surface area contributed by atoms with Gasteiger partial charge in [-0.3, -0.25) is 0 Å². The number of fused-ring (bicyclic) bond motifs is 12. The van der Waals surface area contributed by atoms with Gasteiger partial charge in [0, 0.05) is 99.6 Å². The minimum atomic E-state index is 0.757. The molecule has 14 rings (SSSR count). The highest BCUT2D eigenvalue weighted by atomic mass is 32.1. The molecule has 0 N–H and O–H groups in total. The summed E-state index contributed by atoms with van der Waals surface area (Å²) in [5.41, 5.74) is 14.9. The molecule has 0 saturated heterocycles. The van der Waals surface area contributed by atoms with Crippen molar-refractivity contribution in [1.29, 1.82) is 0 Å². The lowest BCUT2D eigenvalue weighted by atomic mass is 9.96. The summed E-state index contributed by atoms with van der Waals surface area (Å²) >= 11 is 1.89. The van der Waals surface area contributed by atoms with Crippen LogP contribution in [0.5, 0.6) is 0 Å². The average molecular weight is 965 g/mol. The van der Waals surface area contributed by atoms with Crippen LogP contribution >= 0.6 is 11.3 Å². The Morgan fingerprint density at radius 2 is 1.03 bits per heavy atom. The van der Waals surface area contributed by atoms with Crippen LogP contribution in [-0.4, -0.2) is 11.1 Å². The fourth-order valence-corrected chi connectivity index (χ4v) is 12.8. The molecule has 3 heterocycles. The maximum atomic E-state index is 4.24. The molecule has 0 spiro atoms. The van der Waals surface area contributed by atoms with Crippen molar-refractivity contribution in [2.24, 2.45) is 0 Å². The second kappa shape index (κ2) is 18.0. The summed E-state index contributed by atoms with van der Waals surface area (Å²) in [5, 5.41) is 9.97. The largest absolute Gasteiger partial charge is 0.336 e. The monoisotopic (exact) mass is 964 g/mol. The predicted octanol–water partition coefficient (Wildman–Crippen LogP) is 19.4. The third-order valence-electron chi connectivity index (χ3n) is 14.7. The fourth-order valence-electron chi connectivity index (χ4n) is 11.5. The van der Waals surface area contributed by atoms with Crippen molar-refractivity contribution in [3.63, 3.8) is 0 Å². The summed E-state index contributed by atoms with van der Waals surface area (Å²) in [7, 11) is 0. The van der Waals surface area contributed by atoms with Crippen LogP contribution in [0.2, 0.25) is 0 Å². The zero-order chi connectivity index (χ0) is 49.1. The summed E-state index contributed by atoms with van der Waals surface area (Å²) in [6.07, 6.45) is 6.40. The number of benzene rings is 11. The fraction of sp³-hybridized carbons (Fsp3) is 0.0145. The highest BCUT2D eigenvalue weighted by Crippen LogP contribution is 2.49. The Bertz CT molecular complexity index is 4360. The molecule has 0 saturated carbocycles. The van der Waals surface area contributed by atoms with Gasteiger partial charge in [0.25, 0.3) is 0 Å². The Kier molecular flexibility index (Phi) is 10.6. The molecular weight excluding hydrogens is 917 g/mol. The number of thiophene rings is 1. The minimum Gasteiger partial charge on any atom is -0.336 e. The molecule has 11 aromatic carbocycles. The van der Waals surface area contributed by atoms with Gasteiger partial charge in [-0.05, 0) is 137 Å². The predicted molar refractivity (Wildman–Crippen MR) is 318 cm³/mol. The zero-order valence-corrected chi connectivity index (χ0v) is 41.3. The second-order valence-electron chi connectivity index (χ2n) is 18.9. The Labute approximate surface area is 434 Å². The van der Waals surface area contributed by atoms with Crippen LogP contribution in [-0.2, 0) is 0 Å². The van der Waals surface area contributed by atoms with Gasteiger partial charge in [0.05, 0.1) is 11.0 Å². The SMILES string of the molecule is C=C/C=C(\C=C1/CN(c2ccccc2)c2ccccc21)N(c1ccccc1)c1ccc2c(c1)c1ccccc1c1c3ccc(N(c4ccccc4)c4ccc5c(c4)c4ccccc4n5-c4ccccc4)cc3sc21. The van der Waals surface area contributed by atoms with Crippen molar-refractivity contribution < 1.29 is 0 Å². The first-order valence-electron chi connectivity index (χ1n) is 25.2. The third kappa shape index (κ3) is 7.20. The number of anilines is 7. The van der Waals surface area contributed by atoms with E-state index in [4.69, 9.17) is 0 Å². The Balaban J connectivity index is 0.916. The number of nitrogens with zero attached hydrogens (tertiary/aromatic N) is 4. The topological polar surface area (TPSA) is 14.7 Å². The smallest absolute Gasteiger partial charge is 0.0542 e. The number of rotatable bonds is 10. The quantitative estimate of drug-likeness (QED) is 0.100. The van der Waals surface area contributed by atoms with Crippen LogP contribution in [0, 0.1) is 0 Å². The van der Waals surface area contributed by atoms with Crippen LogP contribution < -0.4 is 14.7 Å². The summed E-state index contributed by atoms with van der Waals surface area (Å²) in [6.45, 7) is 4.99. The molecule has 1 aliphatic rings. The molecule has 0 bridgehead atoms. The number of aromatic nitrogens is 1. The van der Waals surface area contributed by atoms with Crippen molar-refractivity contribution in [2.75, 3.05) is 21.2 Å². The average Bonchev–Trinajstić information content (AvgIpc) is 4.17. The molecule has 0 radical (unpaired) electrons. The maximum Gasteiger partial charge on any atom is 0.0542 e. The standard InChI is InChI=1S/C69H48N4S/c1-2-21-52(42-47-46-70(48-22-7-3-8-23-48)64-34-19-17-30-56(47)64)71(49-24-9-4-10-25-49)53-36-39-60-62(43-53)57-31-15-16-33-59(57)68-61-40-37-55(45-67(61)74-69(60)68)72(50-26-11-5-12-27-50)54-38-41-66-63(44-54)58-32-18-20-35-65(58)73(66)51-28-13-6-14-29-51/h2-45H,1,46H2/b47-42+,52-21+. The molecule has 13 aromatic rings. The number of para-hydroxylation sites is 6. The van der Waals surface area contributed by atoms with E-state index in [1.165, 1.54) is 86.0 Å². The molecule has 0 amide bonds. The summed E-state index contributed by atoms with van der Waals surface area (Å²) in [5.74, 6) is 0. The molecule has 5 heteroatoms. The summed E-state index contributed by atoms with van der Waals surface area (Å²) in [4.78, 5) is 7.20. The molecule has 74 heavy (non-hydrogen) atoms. The second-order valence-corrected chi connectivity index (χ2v) is 20.0. The molecule has 350 valence electrons. The van der Waals surface area contributed by atoms with Crippen molar-refractivity contribution in [1.82, 2.24) is 4.57 Å². The van der Waals surface area contributed by atoms with Gasteiger partial charge in [-0.1, -0.05) is 158 Å². The van der Waals surface area contributed by atoms with Gasteiger partial charge in [-0.2, -0.15) is 0 Å². The van der Waals surface area contributed by atoms with Crippen molar-refractivity contribution in [3.8, 4) is 5.69 Å². The number of hydrogen-bond donors (Lipinski definition) is 0. The van der Waals surface area contributed by atoms with Gasteiger partial charge in [-0.15, -0.1) is 11.3 Å². The number of allylic oxidation sites excluding steroid dienone is 3. The van der Waals surface area contributed by atoms with Crippen LogP contribution in [0.1, 0.15) is 5.56 Å². The molecule has 1 aliphatic heterocycles. The minimum absolute atomic E-state index is 0.757. The van der Waals surface area contributed by atoms with E-state index in [-0.39, 0.29) is 0 Å². The summed E-state index contributed by atoms with van der Waals surface area (Å²) < 4.78 is 4.92. The lowest BCUT2D eigenvalue weighted by Gasteiger charge is -2.27. The molecule has 0 atom stereocenters. The van der Waals surface area contributed by atoms with Gasteiger partial charge >= 0.3 is 0 Å². The van der Waals surface area contributed by atoms with Crippen molar-refractivity contribution in [2.45, 2.75) is 0 Å². The molecule has 2 aromatic heterocycles. The van der Waals surface area contributed by atoms with Crippen LogP contribution in [0.15, 0.2) is 279 Å². The highest BCUT2D eigenvalue weighted by molar-refractivity contribution is 7.27. The van der Waals surface area contributed by atoms with E-state index in [0.29, 0.717) is 0 Å². The van der Waals surface area contributed by atoms with E-state index in [2.05, 4.69) is 287 Å². The first-order chi connectivity index (χ1) is 36.7. The Morgan fingerprint density at radius 3 is 1.80 bits per heavy atom. The van der Waals surface area contributed by atoms with E-state index >= 15 is 0 Å². The third-order valence-corrected chi connectivity index (χ3v) is 15.9. The van der Waals surface area contributed by atoms with Crippen LogP contribution in [0.4, 0.5) is 39.8 Å². The van der Waals surface area contributed by atoms with Crippen LogP contribution in [0.25, 0.3) is 74.8 Å². The number of hydrogen-bond acceptors (Lipinski definition) is 4. The van der Waals surface area contributed by atoms with Crippen molar-refractivity contribution >= 4 is 120 Å². The van der Waals surface area contributed by atoms with Gasteiger partial charge in [0.15, 0.2) is 0 Å². The van der Waals surface area contributed by atoms with E-state index in [9.17, 15) is 0 Å². The van der Waals surface area contributed by atoms with Gasteiger partial charge in [0.1, 0.15) is 0 Å². The molecular formula is C69H48N4S. The van der Waals surface area contributed by atoms with Gasteiger partial charge in [-0.25, -0.2) is 0 Å². The maximum absolute atomic E-state index is 4.24. The first kappa shape index (κ1) is 43.4. The van der Waals surface area contributed by atoms with Crippen molar-refractivity contribution in [3.05, 3.63) is 285 Å². The van der Waals surface area contributed by atoms with E-state index in [1.54, 1.807) is 0 Å². The molecule has 4 nitrogen and oxygen atoms in total. The Morgan fingerprint density at radius 1 is 0.446 bits per heavy atom. The lowest BCUT2D eigenvalue weighted by molar-refractivity contribution is 1.15. The summed E-state index contributed by atoms with van der Waals surface area (Å²) in [6, 6.07) is 90.4. The zero-order valence-electron chi connectivity index (χ0n) is 40.5. The van der Waals surface area contributed by atoms with E-state index in [0.717, 1.165) is 46.4 Å². The molecule has 0 unspecified atom stereocenters. The highest BCUT2D eigenvalue weighted by Gasteiger charge is 2.27. The normalized spacial score (nSPS) is 13.2. The molecule has 0 fully saturated rings. The van der Waals surface area contributed by atoms with Gasteiger partial charge < -0.3 is 19.3 Å².